The van der Waals surface area contributed by atoms with Crippen LogP contribution in [0.1, 0.15) is 61.0 Å². The molecule has 0 unspecified atom stereocenters. The first-order valence-corrected chi connectivity index (χ1v) is 8.18. The molecule has 0 amide bonds. The first kappa shape index (κ1) is 16.5. The van der Waals surface area contributed by atoms with Crippen LogP contribution < -0.4 is 0 Å². The van der Waals surface area contributed by atoms with Gasteiger partial charge in [0.25, 0.3) is 0 Å². The Kier molecular flexibility index (Phi) is 5.44. The highest BCUT2D eigenvalue weighted by Gasteiger charge is 2.25. The summed E-state index contributed by atoms with van der Waals surface area (Å²) in [6.45, 7) is 3.67. The second kappa shape index (κ2) is 6.93. The Labute approximate surface area is 137 Å². The summed E-state index contributed by atoms with van der Waals surface area (Å²) in [6.07, 6.45) is 3.97. The van der Waals surface area contributed by atoms with Crippen molar-refractivity contribution in [2.45, 2.75) is 51.6 Å². The molecular weight excluding hydrogens is 301 g/mol. The standard InChI is InChI=1S/C17H20FNS.H2S/c1-11-7-9-14(10-8-11)16-15(13-5-3-4-6-13)19-17(20-16)12(2)18;/h7-10,12-13H,3-6H2,1-2H3;1H2/t12-;/m0./s1. The van der Waals surface area contributed by atoms with Crippen molar-refractivity contribution < 1.29 is 4.39 Å². The van der Waals surface area contributed by atoms with E-state index >= 15 is 0 Å². The lowest BCUT2D eigenvalue weighted by atomic mass is 10.00. The minimum Gasteiger partial charge on any atom is -0.242 e. The van der Waals surface area contributed by atoms with Crippen molar-refractivity contribution >= 4 is 24.8 Å². The highest BCUT2D eigenvalue weighted by Crippen LogP contribution is 2.43. The highest BCUT2D eigenvalue weighted by molar-refractivity contribution is 7.59. The quantitative estimate of drug-likeness (QED) is 0.683. The molecule has 21 heavy (non-hydrogen) atoms. The van der Waals surface area contributed by atoms with E-state index in [0.717, 1.165) is 5.69 Å². The molecule has 1 fully saturated rings. The van der Waals surface area contributed by atoms with Gasteiger partial charge in [0, 0.05) is 5.92 Å². The van der Waals surface area contributed by atoms with Crippen LogP contribution in [0.2, 0.25) is 0 Å². The molecule has 1 aromatic carbocycles. The van der Waals surface area contributed by atoms with Crippen molar-refractivity contribution in [1.82, 2.24) is 4.98 Å². The number of aryl methyl sites for hydroxylation is 1. The fourth-order valence-corrected chi connectivity index (χ4v) is 3.99. The largest absolute Gasteiger partial charge is 0.242 e. The zero-order valence-electron chi connectivity index (χ0n) is 12.5. The molecule has 3 rings (SSSR count). The Hall–Kier alpha value is -0.870. The van der Waals surface area contributed by atoms with Gasteiger partial charge in [0.05, 0.1) is 10.6 Å². The number of benzene rings is 1. The normalized spacial score (nSPS) is 16.7. The van der Waals surface area contributed by atoms with Gasteiger partial charge in [-0.2, -0.15) is 13.5 Å². The second-order valence-electron chi connectivity index (χ2n) is 5.73. The molecular formula is C17H22FNS2. The van der Waals surface area contributed by atoms with E-state index in [1.165, 1.54) is 53.0 Å². The van der Waals surface area contributed by atoms with Crippen molar-refractivity contribution in [2.75, 3.05) is 0 Å². The van der Waals surface area contributed by atoms with Gasteiger partial charge < -0.3 is 0 Å². The number of halogens is 1. The van der Waals surface area contributed by atoms with Gasteiger partial charge in [-0.25, -0.2) is 9.37 Å². The maximum Gasteiger partial charge on any atom is 0.149 e. The highest BCUT2D eigenvalue weighted by atomic mass is 32.1. The molecule has 1 aliphatic rings. The number of hydrogen-bond acceptors (Lipinski definition) is 2. The van der Waals surface area contributed by atoms with Crippen molar-refractivity contribution in [3.63, 3.8) is 0 Å². The van der Waals surface area contributed by atoms with Crippen LogP contribution in [-0.2, 0) is 0 Å². The fraction of sp³-hybridized carbons (Fsp3) is 0.471. The molecule has 1 aliphatic carbocycles. The van der Waals surface area contributed by atoms with E-state index in [-0.39, 0.29) is 13.5 Å². The van der Waals surface area contributed by atoms with Gasteiger partial charge >= 0.3 is 0 Å². The lowest BCUT2D eigenvalue weighted by molar-refractivity contribution is 0.372. The van der Waals surface area contributed by atoms with Crippen LogP contribution in [0.4, 0.5) is 4.39 Å². The van der Waals surface area contributed by atoms with E-state index in [2.05, 4.69) is 36.2 Å². The first-order chi connectivity index (χ1) is 9.65. The lowest BCUT2D eigenvalue weighted by Gasteiger charge is -2.09. The molecule has 0 saturated heterocycles. The number of aromatic nitrogens is 1. The Morgan fingerprint density at radius 3 is 2.38 bits per heavy atom. The molecule has 0 N–H and O–H groups in total. The summed E-state index contributed by atoms with van der Waals surface area (Å²) in [5.74, 6) is 0.523. The third-order valence-corrected chi connectivity index (χ3v) is 5.34. The monoisotopic (exact) mass is 323 g/mol. The SMILES string of the molecule is Cc1ccc(-c2sc([C@H](C)F)nc2C2CCCC2)cc1.S. The molecule has 0 bridgehead atoms. The van der Waals surface area contributed by atoms with E-state index in [4.69, 9.17) is 0 Å². The number of nitrogens with zero attached hydrogens (tertiary/aromatic N) is 1. The van der Waals surface area contributed by atoms with Gasteiger partial charge in [-0.15, -0.1) is 11.3 Å². The number of hydrogen-bond donors (Lipinski definition) is 0. The van der Waals surface area contributed by atoms with Crippen LogP contribution in [0, 0.1) is 6.92 Å². The third-order valence-electron chi connectivity index (χ3n) is 4.07. The zero-order valence-corrected chi connectivity index (χ0v) is 14.3. The minimum atomic E-state index is -0.973. The Balaban J connectivity index is 0.00000161. The Morgan fingerprint density at radius 1 is 1.19 bits per heavy atom. The fourth-order valence-electron chi connectivity index (χ4n) is 2.91. The van der Waals surface area contributed by atoms with Crippen molar-refractivity contribution in [2.24, 2.45) is 0 Å². The van der Waals surface area contributed by atoms with Gasteiger partial charge in [0.1, 0.15) is 11.2 Å². The average Bonchev–Trinajstić information content (AvgIpc) is 3.08. The topological polar surface area (TPSA) is 12.9 Å². The summed E-state index contributed by atoms with van der Waals surface area (Å²) >= 11 is 1.53. The smallest absolute Gasteiger partial charge is 0.149 e. The maximum atomic E-state index is 13.6. The van der Waals surface area contributed by atoms with Gasteiger partial charge in [-0.1, -0.05) is 42.7 Å². The lowest BCUT2D eigenvalue weighted by Crippen LogP contribution is -1.96. The summed E-state index contributed by atoms with van der Waals surface area (Å²) in [6, 6.07) is 8.50. The van der Waals surface area contributed by atoms with Crippen LogP contribution >= 0.6 is 24.8 Å². The average molecular weight is 324 g/mol. The van der Waals surface area contributed by atoms with Gasteiger partial charge in [0.15, 0.2) is 0 Å². The Morgan fingerprint density at radius 2 is 1.81 bits per heavy atom. The van der Waals surface area contributed by atoms with Crippen LogP contribution in [0.5, 0.6) is 0 Å². The zero-order chi connectivity index (χ0) is 14.1. The first-order valence-electron chi connectivity index (χ1n) is 7.37. The molecule has 4 heteroatoms. The number of alkyl halides is 1. The van der Waals surface area contributed by atoms with Gasteiger partial charge in [0.2, 0.25) is 0 Å². The van der Waals surface area contributed by atoms with E-state index in [9.17, 15) is 4.39 Å². The van der Waals surface area contributed by atoms with E-state index < -0.39 is 6.17 Å². The summed E-state index contributed by atoms with van der Waals surface area (Å²) < 4.78 is 13.6. The molecule has 0 radical (unpaired) electrons. The van der Waals surface area contributed by atoms with Crippen LogP contribution in [0.3, 0.4) is 0 Å². The number of rotatable bonds is 3. The van der Waals surface area contributed by atoms with Crippen molar-refractivity contribution in [1.29, 1.82) is 0 Å². The second-order valence-corrected chi connectivity index (χ2v) is 6.76. The molecule has 114 valence electrons. The van der Waals surface area contributed by atoms with Gasteiger partial charge in [-0.05, 0) is 32.3 Å². The molecule has 1 heterocycles. The summed E-state index contributed by atoms with van der Waals surface area (Å²) in [7, 11) is 0. The molecule has 0 spiro atoms. The maximum absolute atomic E-state index is 13.6. The van der Waals surface area contributed by atoms with Crippen molar-refractivity contribution in [3.8, 4) is 10.4 Å². The summed E-state index contributed by atoms with van der Waals surface area (Å²) in [5, 5.41) is 0.627. The molecule has 1 saturated carbocycles. The van der Waals surface area contributed by atoms with Crippen LogP contribution in [0.15, 0.2) is 24.3 Å². The predicted octanol–water partition coefficient (Wildman–Crippen LogP) is 5.92. The molecule has 2 aromatic rings. The van der Waals surface area contributed by atoms with E-state index in [0.29, 0.717) is 10.9 Å². The van der Waals surface area contributed by atoms with Gasteiger partial charge in [-0.3, -0.25) is 0 Å². The number of thiazole rings is 1. The Bertz CT molecular complexity index is 583. The van der Waals surface area contributed by atoms with Crippen LogP contribution in [0.25, 0.3) is 10.4 Å². The van der Waals surface area contributed by atoms with E-state index in [1.807, 2.05) is 0 Å². The van der Waals surface area contributed by atoms with Crippen molar-refractivity contribution in [3.05, 3.63) is 40.5 Å². The minimum absolute atomic E-state index is 0. The molecule has 1 nitrogen and oxygen atoms in total. The third kappa shape index (κ3) is 3.49. The predicted molar refractivity (Wildman–Crippen MR) is 93.4 cm³/mol. The summed E-state index contributed by atoms with van der Waals surface area (Å²) in [4.78, 5) is 5.81. The van der Waals surface area contributed by atoms with E-state index in [1.54, 1.807) is 6.92 Å². The molecule has 1 aromatic heterocycles. The molecule has 0 aliphatic heterocycles. The molecule has 1 atom stereocenters. The summed E-state index contributed by atoms with van der Waals surface area (Å²) in [5.41, 5.74) is 3.57. The van der Waals surface area contributed by atoms with Crippen LogP contribution in [-0.4, -0.2) is 4.98 Å².